The van der Waals surface area contributed by atoms with Crippen molar-refractivity contribution < 1.29 is 8.94 Å². The van der Waals surface area contributed by atoms with Crippen LogP contribution in [0.25, 0.3) is 33.5 Å². The Morgan fingerprint density at radius 3 is 2.63 bits per heavy atom. The Kier molecular flexibility index (Phi) is 3.29. The molecule has 27 heavy (non-hydrogen) atoms. The summed E-state index contributed by atoms with van der Waals surface area (Å²) in [7, 11) is 0. The van der Waals surface area contributed by atoms with Crippen molar-refractivity contribution in [3.8, 4) is 11.4 Å². The number of para-hydroxylation sites is 1. The van der Waals surface area contributed by atoms with E-state index in [1.807, 2.05) is 48.5 Å². The second-order valence-electron chi connectivity index (χ2n) is 6.01. The largest absolute Gasteiger partial charge is 0.449 e. The van der Waals surface area contributed by atoms with Gasteiger partial charge >= 0.3 is 5.76 Å². The number of hydrogen-bond acceptors (Lipinski definition) is 6. The van der Waals surface area contributed by atoms with Crippen LogP contribution < -0.4 is 11.3 Å². The first-order valence-electron chi connectivity index (χ1n) is 8.23. The van der Waals surface area contributed by atoms with E-state index in [0.717, 1.165) is 10.9 Å². The van der Waals surface area contributed by atoms with Crippen LogP contribution in [-0.2, 0) is 6.54 Å². The maximum Gasteiger partial charge on any atom is 0.442 e. The van der Waals surface area contributed by atoms with E-state index in [1.165, 1.54) is 4.57 Å². The predicted octanol–water partition coefficient (Wildman–Crippen LogP) is 2.53. The van der Waals surface area contributed by atoms with E-state index in [0.29, 0.717) is 22.7 Å². The number of hydrogen-bond donors (Lipinski definition) is 1. The van der Waals surface area contributed by atoms with E-state index in [1.54, 1.807) is 6.07 Å². The predicted molar refractivity (Wildman–Crippen MR) is 97.4 cm³/mol. The van der Waals surface area contributed by atoms with E-state index in [2.05, 4.69) is 15.1 Å². The van der Waals surface area contributed by atoms with Gasteiger partial charge in [-0.05, 0) is 12.1 Å². The van der Waals surface area contributed by atoms with Crippen molar-refractivity contribution in [3.05, 3.63) is 81.3 Å². The summed E-state index contributed by atoms with van der Waals surface area (Å²) in [6.07, 6.45) is 0. The van der Waals surface area contributed by atoms with Crippen LogP contribution in [0, 0.1) is 0 Å². The molecular formula is C19H12N4O4. The summed E-state index contributed by atoms with van der Waals surface area (Å²) in [5.74, 6) is 0.0376. The lowest BCUT2D eigenvalue weighted by molar-refractivity contribution is 0.377. The number of aromatic nitrogens is 4. The van der Waals surface area contributed by atoms with Crippen LogP contribution in [-0.4, -0.2) is 19.7 Å². The fourth-order valence-corrected chi connectivity index (χ4v) is 3.07. The molecule has 3 aromatic heterocycles. The summed E-state index contributed by atoms with van der Waals surface area (Å²) in [6.45, 7) is 0.0112. The molecule has 0 radical (unpaired) electrons. The normalized spacial score (nSPS) is 11.4. The van der Waals surface area contributed by atoms with Crippen molar-refractivity contribution in [1.29, 1.82) is 0 Å². The molecule has 0 saturated heterocycles. The minimum Gasteiger partial charge on any atom is -0.449 e. The third-order valence-corrected chi connectivity index (χ3v) is 4.31. The molecule has 5 aromatic rings. The number of rotatable bonds is 3. The second kappa shape index (κ2) is 5.80. The van der Waals surface area contributed by atoms with Crippen molar-refractivity contribution >= 4 is 22.1 Å². The van der Waals surface area contributed by atoms with Gasteiger partial charge in [-0.1, -0.05) is 47.6 Å². The molecule has 0 fully saturated rings. The maximum absolute atomic E-state index is 12.4. The number of nitrogens with one attached hydrogen (secondary N) is 1. The summed E-state index contributed by atoms with van der Waals surface area (Å²) in [6, 6.07) is 16.4. The van der Waals surface area contributed by atoms with Crippen LogP contribution >= 0.6 is 0 Å². The smallest absolute Gasteiger partial charge is 0.442 e. The van der Waals surface area contributed by atoms with Crippen molar-refractivity contribution in [3.63, 3.8) is 0 Å². The maximum atomic E-state index is 12.4. The summed E-state index contributed by atoms with van der Waals surface area (Å²) in [5.41, 5.74) is 1.50. The number of aromatic amines is 1. The van der Waals surface area contributed by atoms with Crippen molar-refractivity contribution in [2.24, 2.45) is 0 Å². The number of benzene rings is 2. The van der Waals surface area contributed by atoms with Gasteiger partial charge in [0.1, 0.15) is 16.9 Å². The Labute approximate surface area is 150 Å². The Morgan fingerprint density at radius 1 is 1.00 bits per heavy atom. The first-order chi connectivity index (χ1) is 13.2. The average Bonchev–Trinajstić information content (AvgIpc) is 3.24. The molecular weight excluding hydrogens is 348 g/mol. The monoisotopic (exact) mass is 360 g/mol. The molecule has 0 aliphatic carbocycles. The molecule has 0 spiro atoms. The third kappa shape index (κ3) is 2.46. The fourth-order valence-electron chi connectivity index (χ4n) is 3.07. The highest BCUT2D eigenvalue weighted by molar-refractivity contribution is 6.01. The van der Waals surface area contributed by atoms with Crippen LogP contribution in [0.5, 0.6) is 0 Å². The molecule has 0 bridgehead atoms. The van der Waals surface area contributed by atoms with Gasteiger partial charge in [0.15, 0.2) is 5.82 Å². The lowest BCUT2D eigenvalue weighted by Gasteiger charge is -2.04. The Balaban J connectivity index is 1.66. The molecule has 5 rings (SSSR count). The molecule has 0 aliphatic heterocycles. The molecule has 0 unspecified atom stereocenters. The van der Waals surface area contributed by atoms with E-state index in [-0.39, 0.29) is 12.1 Å². The minimum atomic E-state index is -0.631. The number of nitrogens with zero attached hydrogens (tertiary/aromatic N) is 3. The summed E-state index contributed by atoms with van der Waals surface area (Å²) in [4.78, 5) is 31.7. The van der Waals surface area contributed by atoms with E-state index < -0.39 is 11.3 Å². The van der Waals surface area contributed by atoms with Gasteiger partial charge in [0.2, 0.25) is 5.58 Å². The van der Waals surface area contributed by atoms with Crippen molar-refractivity contribution in [1.82, 2.24) is 19.7 Å². The first-order valence-corrected chi connectivity index (χ1v) is 8.23. The molecule has 8 nitrogen and oxygen atoms in total. The lowest BCUT2D eigenvalue weighted by Crippen LogP contribution is -2.20. The molecule has 1 N–H and O–H groups in total. The van der Waals surface area contributed by atoms with Crippen LogP contribution in [0.15, 0.2) is 73.1 Å². The highest BCUT2D eigenvalue weighted by Gasteiger charge is 2.17. The van der Waals surface area contributed by atoms with E-state index in [4.69, 9.17) is 8.94 Å². The average molecular weight is 360 g/mol. The molecule has 0 saturated carbocycles. The highest BCUT2D eigenvalue weighted by Crippen LogP contribution is 2.24. The van der Waals surface area contributed by atoms with Crippen LogP contribution in [0.2, 0.25) is 0 Å². The zero-order chi connectivity index (χ0) is 18.4. The summed E-state index contributed by atoms with van der Waals surface area (Å²) in [5, 5.41) is 4.58. The van der Waals surface area contributed by atoms with Gasteiger partial charge in [-0.25, -0.2) is 14.3 Å². The zero-order valence-electron chi connectivity index (χ0n) is 13.9. The van der Waals surface area contributed by atoms with Gasteiger partial charge in [0.25, 0.3) is 5.56 Å². The quantitative estimate of drug-likeness (QED) is 0.530. The van der Waals surface area contributed by atoms with Gasteiger partial charge in [-0.3, -0.25) is 9.32 Å². The Hall–Kier alpha value is -3.94. The SMILES string of the molecule is O=c1[nH]c(Cn2c(-c3ccccc3)noc2=O)nc2c1oc1ccccc12. The minimum absolute atomic E-state index is 0.0112. The zero-order valence-corrected chi connectivity index (χ0v) is 13.9. The van der Waals surface area contributed by atoms with Gasteiger partial charge in [-0.2, -0.15) is 0 Å². The molecule has 0 aliphatic rings. The molecule has 2 aromatic carbocycles. The number of fused-ring (bicyclic) bond motifs is 3. The topological polar surface area (TPSA) is 107 Å². The van der Waals surface area contributed by atoms with E-state index >= 15 is 0 Å². The van der Waals surface area contributed by atoms with Crippen LogP contribution in [0.4, 0.5) is 0 Å². The lowest BCUT2D eigenvalue weighted by atomic mass is 10.2. The van der Waals surface area contributed by atoms with Crippen molar-refractivity contribution in [2.75, 3.05) is 0 Å². The molecule has 132 valence electrons. The molecule has 0 atom stereocenters. The van der Waals surface area contributed by atoms with Gasteiger partial charge in [0.05, 0.1) is 6.54 Å². The molecule has 3 heterocycles. The third-order valence-electron chi connectivity index (χ3n) is 4.31. The van der Waals surface area contributed by atoms with Gasteiger partial charge in [-0.15, -0.1) is 0 Å². The van der Waals surface area contributed by atoms with Gasteiger partial charge in [0, 0.05) is 10.9 Å². The number of furan rings is 1. The highest BCUT2D eigenvalue weighted by atomic mass is 16.5. The number of H-pyrrole nitrogens is 1. The standard InChI is InChI=1S/C19H12N4O4/c24-18-16-15(12-8-4-5-9-13(12)26-16)20-14(21-18)10-23-17(22-27-19(23)25)11-6-2-1-3-7-11/h1-9H,10H2,(H,20,21,24). The fraction of sp³-hybridized carbons (Fsp3) is 0.0526. The van der Waals surface area contributed by atoms with Crippen LogP contribution in [0.1, 0.15) is 5.82 Å². The summed E-state index contributed by atoms with van der Waals surface area (Å²) < 4.78 is 11.7. The Morgan fingerprint density at radius 2 is 1.78 bits per heavy atom. The second-order valence-corrected chi connectivity index (χ2v) is 6.01. The molecule has 0 amide bonds. The van der Waals surface area contributed by atoms with Crippen molar-refractivity contribution in [2.45, 2.75) is 6.54 Å². The summed E-state index contributed by atoms with van der Waals surface area (Å²) >= 11 is 0. The van der Waals surface area contributed by atoms with E-state index in [9.17, 15) is 9.59 Å². The molecule has 8 heteroatoms. The Bertz CT molecular complexity index is 1390. The van der Waals surface area contributed by atoms with Crippen LogP contribution in [0.3, 0.4) is 0 Å². The first kappa shape index (κ1) is 15.3. The van der Waals surface area contributed by atoms with Gasteiger partial charge < -0.3 is 9.40 Å².